The third kappa shape index (κ3) is 4.04. The van der Waals surface area contributed by atoms with Crippen molar-refractivity contribution in [3.63, 3.8) is 0 Å². The van der Waals surface area contributed by atoms with Crippen LogP contribution < -0.4 is 5.32 Å². The lowest BCUT2D eigenvalue weighted by atomic mass is 10.1. The second-order valence-corrected chi connectivity index (χ2v) is 5.47. The van der Waals surface area contributed by atoms with Crippen LogP contribution in [0.5, 0.6) is 0 Å². The molecule has 0 aliphatic carbocycles. The van der Waals surface area contributed by atoms with Crippen LogP contribution in [0.2, 0.25) is 0 Å². The molecule has 112 valence electrons. The predicted molar refractivity (Wildman–Crippen MR) is 74.3 cm³/mol. The number of thiazole rings is 1. The van der Waals surface area contributed by atoms with Crippen LogP contribution in [-0.4, -0.2) is 17.4 Å². The number of carbonyl (C=O) groups excluding carboxylic acids is 1. The first-order chi connectivity index (χ1) is 9.88. The van der Waals surface area contributed by atoms with Crippen molar-refractivity contribution in [1.82, 2.24) is 10.3 Å². The highest BCUT2D eigenvalue weighted by molar-refractivity contribution is 7.09. The molecule has 0 fully saturated rings. The summed E-state index contributed by atoms with van der Waals surface area (Å²) in [7, 11) is 0. The molecule has 0 radical (unpaired) electrons. The summed E-state index contributed by atoms with van der Waals surface area (Å²) in [6, 6.07) is 4.75. The summed E-state index contributed by atoms with van der Waals surface area (Å²) in [5, 5.41) is 5.28. The summed E-state index contributed by atoms with van der Waals surface area (Å²) in [5.74, 6) is -0.727. The first-order valence-electron chi connectivity index (χ1n) is 6.23. The van der Waals surface area contributed by atoms with Crippen molar-refractivity contribution < 1.29 is 18.0 Å². The molecule has 7 heteroatoms. The third-order valence-corrected chi connectivity index (χ3v) is 3.63. The number of hydrogen-bond donors (Lipinski definition) is 1. The number of aromatic nitrogens is 1. The molecule has 1 aromatic carbocycles. The van der Waals surface area contributed by atoms with Crippen LogP contribution in [0.25, 0.3) is 0 Å². The number of carbonyl (C=O) groups is 1. The molecule has 0 saturated carbocycles. The predicted octanol–water partition coefficient (Wildman–Crippen LogP) is 3.44. The van der Waals surface area contributed by atoms with Gasteiger partial charge in [0.2, 0.25) is 0 Å². The first kappa shape index (κ1) is 15.5. The smallest absolute Gasteiger partial charge is 0.352 e. The van der Waals surface area contributed by atoms with Crippen LogP contribution >= 0.6 is 11.3 Å². The van der Waals surface area contributed by atoms with Crippen molar-refractivity contribution in [2.24, 2.45) is 0 Å². The number of nitrogens with zero attached hydrogens (tertiary/aromatic N) is 1. The molecule has 2 rings (SSSR count). The highest BCUT2D eigenvalue weighted by atomic mass is 32.1. The number of alkyl halides is 3. The maximum atomic E-state index is 12.8. The Hall–Kier alpha value is -1.89. The SMILES string of the molecule is Cc1nc(CCNC(=O)c2ccccc2C(F)(F)F)cs1. The molecule has 0 unspecified atom stereocenters. The first-order valence-corrected chi connectivity index (χ1v) is 7.11. The fourth-order valence-corrected chi connectivity index (χ4v) is 2.50. The van der Waals surface area contributed by atoms with E-state index in [1.165, 1.54) is 29.5 Å². The molecule has 1 heterocycles. The van der Waals surface area contributed by atoms with Gasteiger partial charge in [0.05, 0.1) is 21.8 Å². The normalized spacial score (nSPS) is 11.4. The number of aryl methyl sites for hydroxylation is 1. The van der Waals surface area contributed by atoms with Crippen LogP contribution in [0.1, 0.15) is 26.6 Å². The Morgan fingerprint density at radius 3 is 2.67 bits per heavy atom. The van der Waals surface area contributed by atoms with Gasteiger partial charge in [-0.3, -0.25) is 4.79 Å². The van der Waals surface area contributed by atoms with Gasteiger partial charge in [0.1, 0.15) is 0 Å². The van der Waals surface area contributed by atoms with Gasteiger partial charge in [-0.15, -0.1) is 11.3 Å². The van der Waals surface area contributed by atoms with Gasteiger partial charge in [-0.1, -0.05) is 12.1 Å². The Labute approximate surface area is 123 Å². The van der Waals surface area contributed by atoms with Gasteiger partial charge in [0.15, 0.2) is 0 Å². The fraction of sp³-hybridized carbons (Fsp3) is 0.286. The third-order valence-electron chi connectivity index (χ3n) is 2.81. The molecule has 1 N–H and O–H groups in total. The standard InChI is InChI=1S/C14H13F3N2OS/c1-9-19-10(8-21-9)6-7-18-13(20)11-4-2-3-5-12(11)14(15,16)17/h2-5,8H,6-7H2,1H3,(H,18,20). The second kappa shape index (κ2) is 6.26. The molecule has 0 aliphatic rings. The van der Waals surface area contributed by atoms with Gasteiger partial charge in [0, 0.05) is 18.3 Å². The molecular formula is C14H13F3N2OS. The van der Waals surface area contributed by atoms with Gasteiger partial charge in [0.25, 0.3) is 5.91 Å². The van der Waals surface area contributed by atoms with Crippen LogP contribution in [0.15, 0.2) is 29.6 Å². The number of rotatable bonds is 4. The van der Waals surface area contributed by atoms with Gasteiger partial charge in [-0.05, 0) is 19.1 Å². The molecule has 1 aromatic heterocycles. The van der Waals surface area contributed by atoms with Gasteiger partial charge >= 0.3 is 6.18 Å². The van der Waals surface area contributed by atoms with Gasteiger partial charge in [-0.2, -0.15) is 13.2 Å². The molecule has 21 heavy (non-hydrogen) atoms. The molecule has 3 nitrogen and oxygen atoms in total. The Morgan fingerprint density at radius 1 is 1.33 bits per heavy atom. The highest BCUT2D eigenvalue weighted by Gasteiger charge is 2.34. The Balaban J connectivity index is 2.01. The van der Waals surface area contributed by atoms with Crippen LogP contribution in [0.3, 0.4) is 0 Å². The second-order valence-electron chi connectivity index (χ2n) is 4.41. The van der Waals surface area contributed by atoms with Crippen molar-refractivity contribution in [2.45, 2.75) is 19.5 Å². The zero-order valence-corrected chi connectivity index (χ0v) is 12.0. The quantitative estimate of drug-likeness (QED) is 0.939. The van der Waals surface area contributed by atoms with E-state index in [9.17, 15) is 18.0 Å². The van der Waals surface area contributed by atoms with Crippen molar-refractivity contribution in [3.8, 4) is 0 Å². The van der Waals surface area contributed by atoms with Crippen molar-refractivity contribution in [3.05, 3.63) is 51.5 Å². The Kier molecular flexibility index (Phi) is 4.62. The number of hydrogen-bond acceptors (Lipinski definition) is 3. The van der Waals surface area contributed by atoms with E-state index in [0.717, 1.165) is 16.8 Å². The maximum absolute atomic E-state index is 12.8. The lowest BCUT2D eigenvalue weighted by Gasteiger charge is -2.12. The summed E-state index contributed by atoms with van der Waals surface area (Å²) >= 11 is 1.49. The van der Waals surface area contributed by atoms with E-state index >= 15 is 0 Å². The average Bonchev–Trinajstić information content (AvgIpc) is 2.83. The minimum Gasteiger partial charge on any atom is -0.352 e. The zero-order chi connectivity index (χ0) is 15.5. The largest absolute Gasteiger partial charge is 0.417 e. The van der Waals surface area contributed by atoms with Crippen LogP contribution in [0, 0.1) is 6.92 Å². The minimum atomic E-state index is -4.54. The van der Waals surface area contributed by atoms with Crippen molar-refractivity contribution in [2.75, 3.05) is 6.54 Å². The summed E-state index contributed by atoms with van der Waals surface area (Å²) < 4.78 is 38.4. The van der Waals surface area contributed by atoms with E-state index in [-0.39, 0.29) is 12.1 Å². The number of amides is 1. The van der Waals surface area contributed by atoms with Gasteiger partial charge < -0.3 is 5.32 Å². The van der Waals surface area contributed by atoms with E-state index in [0.29, 0.717) is 6.42 Å². The number of halogens is 3. The summed E-state index contributed by atoms with van der Waals surface area (Å²) in [5.41, 5.74) is -0.464. The minimum absolute atomic E-state index is 0.244. The molecule has 0 saturated heterocycles. The van der Waals surface area contributed by atoms with E-state index in [4.69, 9.17) is 0 Å². The van der Waals surface area contributed by atoms with E-state index in [2.05, 4.69) is 10.3 Å². The van der Waals surface area contributed by atoms with E-state index in [1.54, 1.807) is 0 Å². The molecule has 2 aromatic rings. The van der Waals surface area contributed by atoms with E-state index in [1.807, 2.05) is 12.3 Å². The Morgan fingerprint density at radius 2 is 2.05 bits per heavy atom. The van der Waals surface area contributed by atoms with Crippen LogP contribution in [-0.2, 0) is 12.6 Å². The molecule has 0 atom stereocenters. The monoisotopic (exact) mass is 314 g/mol. The average molecular weight is 314 g/mol. The maximum Gasteiger partial charge on any atom is 0.417 e. The Bertz CT molecular complexity index is 637. The van der Waals surface area contributed by atoms with E-state index < -0.39 is 17.6 Å². The lowest BCUT2D eigenvalue weighted by Crippen LogP contribution is -2.28. The molecule has 0 aliphatic heterocycles. The highest BCUT2D eigenvalue weighted by Crippen LogP contribution is 2.31. The van der Waals surface area contributed by atoms with Gasteiger partial charge in [-0.25, -0.2) is 4.98 Å². The zero-order valence-electron chi connectivity index (χ0n) is 11.2. The topological polar surface area (TPSA) is 42.0 Å². The van der Waals surface area contributed by atoms with Crippen LogP contribution in [0.4, 0.5) is 13.2 Å². The van der Waals surface area contributed by atoms with Crippen molar-refractivity contribution in [1.29, 1.82) is 0 Å². The fourth-order valence-electron chi connectivity index (χ4n) is 1.85. The summed E-state index contributed by atoms with van der Waals surface area (Å²) in [6.45, 7) is 2.11. The summed E-state index contributed by atoms with van der Waals surface area (Å²) in [6.07, 6.45) is -4.05. The summed E-state index contributed by atoms with van der Waals surface area (Å²) in [4.78, 5) is 16.1. The molecule has 0 bridgehead atoms. The van der Waals surface area contributed by atoms with Crippen molar-refractivity contribution >= 4 is 17.2 Å². The molecule has 0 spiro atoms. The number of nitrogens with one attached hydrogen (secondary N) is 1. The lowest BCUT2D eigenvalue weighted by molar-refractivity contribution is -0.137. The molecular weight excluding hydrogens is 301 g/mol. The number of benzene rings is 1. The molecule has 1 amide bonds.